The second-order valence-corrected chi connectivity index (χ2v) is 7.29. The van der Waals surface area contributed by atoms with Crippen LogP contribution in [-0.2, 0) is 11.3 Å². The molecular formula is C15H22N2O3S. The quantitative estimate of drug-likeness (QED) is 0.926. The maximum Gasteiger partial charge on any atom is 0.347 e. The minimum atomic E-state index is -0.829. The van der Waals surface area contributed by atoms with E-state index in [9.17, 15) is 9.90 Å². The zero-order chi connectivity index (χ0) is 15.0. The van der Waals surface area contributed by atoms with Crippen molar-refractivity contribution in [2.45, 2.75) is 57.8 Å². The van der Waals surface area contributed by atoms with Crippen LogP contribution in [0.1, 0.15) is 59.4 Å². The summed E-state index contributed by atoms with van der Waals surface area (Å²) in [5, 5.41) is 10.3. The molecule has 1 N–H and O–H groups in total. The lowest BCUT2D eigenvalue weighted by Crippen LogP contribution is -2.44. The van der Waals surface area contributed by atoms with Crippen molar-refractivity contribution in [1.82, 2.24) is 9.88 Å². The van der Waals surface area contributed by atoms with Gasteiger partial charge in [-0.05, 0) is 26.7 Å². The van der Waals surface area contributed by atoms with Crippen LogP contribution in [0.15, 0.2) is 0 Å². The number of nitrogens with zero attached hydrogens (tertiary/aromatic N) is 2. The first-order valence-electron chi connectivity index (χ1n) is 7.63. The molecule has 6 heteroatoms. The predicted octanol–water partition coefficient (Wildman–Crippen LogP) is 2.72. The molecule has 0 radical (unpaired) electrons. The van der Waals surface area contributed by atoms with Gasteiger partial charge in [-0.15, -0.1) is 11.3 Å². The lowest BCUT2D eigenvalue weighted by molar-refractivity contribution is -0.0705. The summed E-state index contributed by atoms with van der Waals surface area (Å²) in [6, 6.07) is 0. The van der Waals surface area contributed by atoms with Crippen molar-refractivity contribution in [3.8, 4) is 0 Å². The highest BCUT2D eigenvalue weighted by Crippen LogP contribution is 2.39. The van der Waals surface area contributed by atoms with Crippen LogP contribution < -0.4 is 0 Å². The van der Waals surface area contributed by atoms with Gasteiger partial charge in [0.15, 0.2) is 0 Å². The summed E-state index contributed by atoms with van der Waals surface area (Å²) in [7, 11) is 0. The average Bonchev–Trinajstić information content (AvgIpc) is 2.69. The fraction of sp³-hybridized carbons (Fsp3) is 0.733. The average molecular weight is 310 g/mol. The van der Waals surface area contributed by atoms with E-state index < -0.39 is 5.97 Å². The van der Waals surface area contributed by atoms with Gasteiger partial charge in [-0.25, -0.2) is 9.78 Å². The molecule has 1 aliphatic carbocycles. The third kappa shape index (κ3) is 3.27. The standard InChI is InChI=1S/C15H22N2O3S/c1-9-6-17(7-10(2)20-9)8-12-16-13(11-4-3-5-11)14(21-12)15(18)19/h9-11H,3-8H2,1-2H3,(H,18,19). The monoisotopic (exact) mass is 310 g/mol. The molecule has 1 saturated carbocycles. The number of ether oxygens (including phenoxy) is 1. The van der Waals surface area contributed by atoms with Crippen molar-refractivity contribution in [1.29, 1.82) is 0 Å². The van der Waals surface area contributed by atoms with Gasteiger partial charge in [-0.2, -0.15) is 0 Å². The molecule has 1 aromatic rings. The van der Waals surface area contributed by atoms with Crippen LogP contribution in [0.4, 0.5) is 0 Å². The second-order valence-electron chi connectivity index (χ2n) is 6.21. The molecule has 3 rings (SSSR count). The first-order chi connectivity index (χ1) is 10.0. The highest BCUT2D eigenvalue weighted by atomic mass is 32.1. The van der Waals surface area contributed by atoms with Gasteiger partial charge in [0.25, 0.3) is 0 Å². The van der Waals surface area contributed by atoms with Crippen molar-refractivity contribution in [3.05, 3.63) is 15.6 Å². The van der Waals surface area contributed by atoms with Crippen LogP contribution >= 0.6 is 11.3 Å². The van der Waals surface area contributed by atoms with E-state index in [4.69, 9.17) is 4.74 Å². The number of carbonyl (C=O) groups is 1. The first-order valence-corrected chi connectivity index (χ1v) is 8.45. The number of carboxylic acids is 1. The fourth-order valence-electron chi connectivity index (χ4n) is 3.16. The van der Waals surface area contributed by atoms with Gasteiger partial charge >= 0.3 is 5.97 Å². The minimum absolute atomic E-state index is 0.221. The summed E-state index contributed by atoms with van der Waals surface area (Å²) in [5.41, 5.74) is 0.822. The Hall–Kier alpha value is -0.980. The molecule has 5 nitrogen and oxygen atoms in total. The van der Waals surface area contributed by atoms with Crippen LogP contribution in [0, 0.1) is 0 Å². The van der Waals surface area contributed by atoms with Crippen molar-refractivity contribution in [2.75, 3.05) is 13.1 Å². The van der Waals surface area contributed by atoms with Gasteiger partial charge in [-0.3, -0.25) is 4.90 Å². The number of morpholine rings is 1. The number of hydrogen-bond donors (Lipinski definition) is 1. The fourth-order valence-corrected chi connectivity index (χ4v) is 4.19. The Balaban J connectivity index is 1.74. The molecule has 116 valence electrons. The van der Waals surface area contributed by atoms with Crippen LogP contribution in [0.5, 0.6) is 0 Å². The summed E-state index contributed by atoms with van der Waals surface area (Å²) in [6.45, 7) is 6.64. The van der Waals surface area contributed by atoms with E-state index in [2.05, 4.69) is 23.7 Å². The number of hydrogen-bond acceptors (Lipinski definition) is 5. The molecule has 2 heterocycles. The number of thiazole rings is 1. The molecule has 1 saturated heterocycles. The van der Waals surface area contributed by atoms with Crippen LogP contribution in [0.3, 0.4) is 0 Å². The van der Waals surface area contributed by atoms with Gasteiger partial charge in [0.2, 0.25) is 0 Å². The zero-order valence-electron chi connectivity index (χ0n) is 12.5. The van der Waals surface area contributed by atoms with Crippen molar-refractivity contribution >= 4 is 17.3 Å². The molecule has 1 aromatic heterocycles. The molecule has 0 aromatic carbocycles. The summed E-state index contributed by atoms with van der Waals surface area (Å²) in [4.78, 5) is 18.8. The molecule has 2 fully saturated rings. The molecule has 2 atom stereocenters. The predicted molar refractivity (Wildman–Crippen MR) is 81.0 cm³/mol. The van der Waals surface area contributed by atoms with E-state index in [0.29, 0.717) is 10.8 Å². The van der Waals surface area contributed by atoms with Crippen molar-refractivity contribution < 1.29 is 14.6 Å². The molecular weight excluding hydrogens is 288 g/mol. The topological polar surface area (TPSA) is 62.7 Å². The summed E-state index contributed by atoms with van der Waals surface area (Å²) in [5.74, 6) is -0.465. The first kappa shape index (κ1) is 14.9. The van der Waals surface area contributed by atoms with Gasteiger partial charge in [-0.1, -0.05) is 6.42 Å². The number of aromatic carboxylic acids is 1. The van der Waals surface area contributed by atoms with E-state index in [1.165, 1.54) is 17.8 Å². The third-order valence-corrected chi connectivity index (χ3v) is 5.28. The van der Waals surface area contributed by atoms with E-state index in [0.717, 1.165) is 43.2 Å². The lowest BCUT2D eigenvalue weighted by Gasteiger charge is -2.34. The Morgan fingerprint density at radius 2 is 2.05 bits per heavy atom. The van der Waals surface area contributed by atoms with Crippen LogP contribution in [0.2, 0.25) is 0 Å². The van der Waals surface area contributed by atoms with E-state index in [1.54, 1.807) is 0 Å². The lowest BCUT2D eigenvalue weighted by atomic mass is 9.82. The Morgan fingerprint density at radius 3 is 2.57 bits per heavy atom. The molecule has 2 aliphatic rings. The van der Waals surface area contributed by atoms with Gasteiger partial charge in [0.05, 0.1) is 24.4 Å². The Morgan fingerprint density at radius 1 is 1.38 bits per heavy atom. The van der Waals surface area contributed by atoms with E-state index in [1.807, 2.05) is 0 Å². The molecule has 21 heavy (non-hydrogen) atoms. The molecule has 0 amide bonds. The Bertz CT molecular complexity index is 517. The summed E-state index contributed by atoms with van der Waals surface area (Å²) < 4.78 is 5.73. The highest BCUT2D eigenvalue weighted by molar-refractivity contribution is 7.13. The summed E-state index contributed by atoms with van der Waals surface area (Å²) >= 11 is 1.35. The van der Waals surface area contributed by atoms with Crippen molar-refractivity contribution in [3.63, 3.8) is 0 Å². The van der Waals surface area contributed by atoms with E-state index >= 15 is 0 Å². The van der Waals surface area contributed by atoms with Crippen molar-refractivity contribution in [2.24, 2.45) is 0 Å². The summed E-state index contributed by atoms with van der Waals surface area (Å²) in [6.07, 6.45) is 3.79. The largest absolute Gasteiger partial charge is 0.477 e. The number of carboxylic acid groups (broad SMARTS) is 1. The smallest absolute Gasteiger partial charge is 0.347 e. The van der Waals surface area contributed by atoms with Gasteiger partial charge in [0.1, 0.15) is 9.88 Å². The Labute approximate surface area is 128 Å². The van der Waals surface area contributed by atoms with Gasteiger partial charge < -0.3 is 9.84 Å². The normalized spacial score (nSPS) is 27.5. The maximum atomic E-state index is 11.4. The number of rotatable bonds is 4. The SMILES string of the molecule is CC1CN(Cc2nc(C3CCC3)c(C(=O)O)s2)CC(C)O1. The molecule has 0 bridgehead atoms. The molecule has 2 unspecified atom stereocenters. The second kappa shape index (κ2) is 6.02. The molecule has 1 aliphatic heterocycles. The third-order valence-electron chi connectivity index (χ3n) is 4.24. The maximum absolute atomic E-state index is 11.4. The number of aromatic nitrogens is 1. The van der Waals surface area contributed by atoms with E-state index in [-0.39, 0.29) is 12.2 Å². The highest BCUT2D eigenvalue weighted by Gasteiger charge is 2.30. The zero-order valence-corrected chi connectivity index (χ0v) is 13.4. The van der Waals surface area contributed by atoms with Crippen LogP contribution in [0.25, 0.3) is 0 Å². The Kier molecular flexibility index (Phi) is 4.28. The van der Waals surface area contributed by atoms with Gasteiger partial charge in [0, 0.05) is 19.0 Å². The van der Waals surface area contributed by atoms with Crippen LogP contribution in [-0.4, -0.2) is 46.3 Å². The molecule has 0 spiro atoms. The minimum Gasteiger partial charge on any atom is -0.477 e.